The number of aromatic nitrogens is 2. The Labute approximate surface area is 122 Å². The SMILES string of the molecule is CCC1(C(=O)O)CCN(C(=O)c2c(C)c(C)n[nH]c2=O)C1. The number of hydrogen-bond acceptors (Lipinski definition) is 4. The summed E-state index contributed by atoms with van der Waals surface area (Å²) in [5.74, 6) is -1.31. The van der Waals surface area contributed by atoms with Crippen LogP contribution >= 0.6 is 0 Å². The van der Waals surface area contributed by atoms with E-state index in [-0.39, 0.29) is 12.1 Å². The number of nitrogens with zero attached hydrogens (tertiary/aromatic N) is 2. The zero-order valence-electron chi connectivity index (χ0n) is 12.4. The molecule has 1 aliphatic heterocycles. The van der Waals surface area contributed by atoms with Gasteiger partial charge in [0.25, 0.3) is 11.5 Å². The number of aryl methyl sites for hydroxylation is 1. The van der Waals surface area contributed by atoms with Crippen molar-refractivity contribution >= 4 is 11.9 Å². The molecule has 0 aromatic carbocycles. The quantitative estimate of drug-likeness (QED) is 0.854. The van der Waals surface area contributed by atoms with Crippen molar-refractivity contribution in [3.8, 4) is 0 Å². The maximum Gasteiger partial charge on any atom is 0.311 e. The maximum absolute atomic E-state index is 12.6. The zero-order valence-corrected chi connectivity index (χ0v) is 12.4. The van der Waals surface area contributed by atoms with Gasteiger partial charge in [0.2, 0.25) is 0 Å². The molecule has 0 saturated carbocycles. The van der Waals surface area contributed by atoms with E-state index in [1.165, 1.54) is 4.90 Å². The Bertz CT molecular complexity index is 652. The first-order chi connectivity index (χ1) is 9.82. The van der Waals surface area contributed by atoms with Gasteiger partial charge in [-0.3, -0.25) is 14.4 Å². The molecule has 7 nitrogen and oxygen atoms in total. The molecule has 0 radical (unpaired) electrons. The molecule has 1 aromatic heterocycles. The molecule has 1 aromatic rings. The van der Waals surface area contributed by atoms with Crippen LogP contribution in [0, 0.1) is 19.3 Å². The van der Waals surface area contributed by atoms with Crippen molar-refractivity contribution in [3.63, 3.8) is 0 Å². The number of hydrogen-bond donors (Lipinski definition) is 2. The summed E-state index contributed by atoms with van der Waals surface area (Å²) in [6.45, 7) is 5.67. The number of carbonyl (C=O) groups is 2. The van der Waals surface area contributed by atoms with E-state index >= 15 is 0 Å². The van der Waals surface area contributed by atoms with Crippen LogP contribution in [0.2, 0.25) is 0 Å². The van der Waals surface area contributed by atoms with Crippen LogP contribution in [0.4, 0.5) is 0 Å². The molecule has 1 saturated heterocycles. The van der Waals surface area contributed by atoms with Gasteiger partial charge in [-0.1, -0.05) is 6.92 Å². The van der Waals surface area contributed by atoms with E-state index in [2.05, 4.69) is 10.2 Å². The minimum Gasteiger partial charge on any atom is -0.481 e. The lowest BCUT2D eigenvalue weighted by molar-refractivity contribution is -0.148. The number of aromatic amines is 1. The van der Waals surface area contributed by atoms with E-state index in [0.29, 0.717) is 30.6 Å². The van der Waals surface area contributed by atoms with E-state index in [4.69, 9.17) is 0 Å². The molecule has 1 fully saturated rings. The summed E-state index contributed by atoms with van der Waals surface area (Å²) < 4.78 is 0. The second-order valence-electron chi connectivity index (χ2n) is 5.55. The lowest BCUT2D eigenvalue weighted by Gasteiger charge is -2.23. The Kier molecular flexibility index (Phi) is 3.85. The maximum atomic E-state index is 12.6. The minimum atomic E-state index is -0.904. The summed E-state index contributed by atoms with van der Waals surface area (Å²) in [5.41, 5.74) is -0.268. The monoisotopic (exact) mass is 293 g/mol. The second kappa shape index (κ2) is 5.31. The predicted octanol–water partition coefficient (Wildman–Crippen LogP) is 0.714. The van der Waals surface area contributed by atoms with Gasteiger partial charge in [-0.2, -0.15) is 5.10 Å². The van der Waals surface area contributed by atoms with Crippen molar-refractivity contribution in [2.75, 3.05) is 13.1 Å². The smallest absolute Gasteiger partial charge is 0.311 e. The first-order valence-corrected chi connectivity index (χ1v) is 6.91. The van der Waals surface area contributed by atoms with E-state index in [1.54, 1.807) is 20.8 Å². The lowest BCUT2D eigenvalue weighted by atomic mass is 9.84. The Morgan fingerprint density at radius 3 is 2.62 bits per heavy atom. The Morgan fingerprint density at radius 1 is 1.43 bits per heavy atom. The summed E-state index contributed by atoms with van der Waals surface area (Å²) in [6.07, 6.45) is 0.864. The van der Waals surface area contributed by atoms with Crippen LogP contribution in [-0.4, -0.2) is 45.2 Å². The van der Waals surface area contributed by atoms with Crippen molar-refractivity contribution in [2.24, 2.45) is 5.41 Å². The number of likely N-dealkylation sites (tertiary alicyclic amines) is 1. The van der Waals surface area contributed by atoms with Gasteiger partial charge in [-0.05, 0) is 32.3 Å². The molecule has 2 heterocycles. The molecular formula is C14H19N3O4. The lowest BCUT2D eigenvalue weighted by Crippen LogP contribution is -2.39. The largest absolute Gasteiger partial charge is 0.481 e. The van der Waals surface area contributed by atoms with Gasteiger partial charge in [0, 0.05) is 13.1 Å². The van der Waals surface area contributed by atoms with Crippen molar-refractivity contribution in [1.82, 2.24) is 15.1 Å². The average Bonchev–Trinajstić information content (AvgIpc) is 2.89. The molecule has 1 atom stereocenters. The van der Waals surface area contributed by atoms with Crippen LogP contribution < -0.4 is 5.56 Å². The fraction of sp³-hybridized carbons (Fsp3) is 0.571. The number of amides is 1. The first-order valence-electron chi connectivity index (χ1n) is 6.91. The summed E-state index contributed by atoms with van der Waals surface area (Å²) in [5, 5.41) is 15.5. The molecule has 1 aliphatic rings. The van der Waals surface area contributed by atoms with E-state index in [9.17, 15) is 19.5 Å². The number of H-pyrrole nitrogens is 1. The normalized spacial score (nSPS) is 21.6. The molecule has 114 valence electrons. The van der Waals surface area contributed by atoms with Crippen LogP contribution in [0.1, 0.15) is 41.4 Å². The highest BCUT2D eigenvalue weighted by Crippen LogP contribution is 2.34. The van der Waals surface area contributed by atoms with Crippen molar-refractivity contribution < 1.29 is 14.7 Å². The first kappa shape index (κ1) is 15.2. The molecule has 7 heteroatoms. The highest BCUT2D eigenvalue weighted by atomic mass is 16.4. The molecule has 0 spiro atoms. The van der Waals surface area contributed by atoms with Gasteiger partial charge in [0.05, 0.1) is 11.1 Å². The molecule has 1 amide bonds. The Morgan fingerprint density at radius 2 is 2.10 bits per heavy atom. The Balaban J connectivity index is 2.34. The van der Waals surface area contributed by atoms with Crippen LogP contribution in [-0.2, 0) is 4.79 Å². The highest BCUT2D eigenvalue weighted by molar-refractivity contribution is 5.96. The minimum absolute atomic E-state index is 0.0554. The topological polar surface area (TPSA) is 103 Å². The summed E-state index contributed by atoms with van der Waals surface area (Å²) in [6, 6.07) is 0. The van der Waals surface area contributed by atoms with Crippen LogP contribution in [0.15, 0.2) is 4.79 Å². The summed E-state index contributed by atoms with van der Waals surface area (Å²) in [4.78, 5) is 37.3. The Hall–Kier alpha value is -2.18. The van der Waals surface area contributed by atoms with Gasteiger partial charge in [-0.15, -0.1) is 0 Å². The summed E-state index contributed by atoms with van der Waals surface area (Å²) in [7, 11) is 0. The van der Waals surface area contributed by atoms with Crippen molar-refractivity contribution in [1.29, 1.82) is 0 Å². The van der Waals surface area contributed by atoms with Crippen molar-refractivity contribution in [3.05, 3.63) is 27.2 Å². The third-order valence-electron chi connectivity index (χ3n) is 4.46. The van der Waals surface area contributed by atoms with Crippen molar-refractivity contribution in [2.45, 2.75) is 33.6 Å². The van der Waals surface area contributed by atoms with Crippen LogP contribution in [0.3, 0.4) is 0 Å². The third kappa shape index (κ3) is 2.43. The van der Waals surface area contributed by atoms with Gasteiger partial charge in [0.1, 0.15) is 5.56 Å². The number of carboxylic acids is 1. The number of nitrogens with one attached hydrogen (secondary N) is 1. The average molecular weight is 293 g/mol. The molecule has 0 aliphatic carbocycles. The fourth-order valence-electron chi connectivity index (χ4n) is 2.70. The van der Waals surface area contributed by atoms with Gasteiger partial charge < -0.3 is 10.0 Å². The molecule has 21 heavy (non-hydrogen) atoms. The zero-order chi connectivity index (χ0) is 15.8. The number of carboxylic acid groups (broad SMARTS) is 1. The summed E-state index contributed by atoms with van der Waals surface area (Å²) >= 11 is 0. The number of rotatable bonds is 3. The van der Waals surface area contributed by atoms with Gasteiger partial charge in [0.15, 0.2) is 0 Å². The number of aliphatic carboxylic acids is 1. The molecule has 2 rings (SSSR count). The fourth-order valence-corrected chi connectivity index (χ4v) is 2.70. The van der Waals surface area contributed by atoms with E-state index in [1.807, 2.05) is 0 Å². The third-order valence-corrected chi connectivity index (χ3v) is 4.46. The van der Waals surface area contributed by atoms with E-state index < -0.39 is 22.9 Å². The molecule has 1 unspecified atom stereocenters. The number of carbonyl (C=O) groups excluding carboxylic acids is 1. The molecule has 2 N–H and O–H groups in total. The van der Waals surface area contributed by atoms with Crippen LogP contribution in [0.5, 0.6) is 0 Å². The standard InChI is InChI=1S/C14H19N3O4/c1-4-14(13(20)21)5-6-17(7-14)12(19)10-8(2)9(3)15-16-11(10)18/h4-7H2,1-3H3,(H,16,18)(H,20,21). The van der Waals surface area contributed by atoms with Gasteiger partial charge >= 0.3 is 5.97 Å². The predicted molar refractivity (Wildman–Crippen MR) is 75.2 cm³/mol. The second-order valence-corrected chi connectivity index (χ2v) is 5.55. The highest BCUT2D eigenvalue weighted by Gasteiger charge is 2.45. The van der Waals surface area contributed by atoms with E-state index in [0.717, 1.165) is 0 Å². The van der Waals surface area contributed by atoms with Crippen LogP contribution in [0.25, 0.3) is 0 Å². The molecule has 0 bridgehead atoms. The van der Waals surface area contributed by atoms with Gasteiger partial charge in [-0.25, -0.2) is 5.10 Å². The molecular weight excluding hydrogens is 274 g/mol.